The molecular formula is C40H74O3Si2. The number of aliphatic hydroxyl groups is 1. The lowest BCUT2D eigenvalue weighted by Gasteiger charge is -2.46. The molecule has 0 unspecified atom stereocenters. The average molecular weight is 659 g/mol. The first kappa shape index (κ1) is 39.0. The minimum Gasteiger partial charge on any atom is -0.410 e. The van der Waals surface area contributed by atoms with Crippen LogP contribution in [0.1, 0.15) is 140 Å². The van der Waals surface area contributed by atoms with Gasteiger partial charge in [-0.2, -0.15) is 0 Å². The van der Waals surface area contributed by atoms with E-state index in [2.05, 4.69) is 114 Å². The van der Waals surface area contributed by atoms with E-state index in [1.54, 1.807) is 5.57 Å². The highest BCUT2D eigenvalue weighted by molar-refractivity contribution is 6.74. The third-order valence-corrected chi connectivity index (χ3v) is 22.8. The van der Waals surface area contributed by atoms with Gasteiger partial charge in [0.2, 0.25) is 0 Å². The second-order valence-corrected chi connectivity index (χ2v) is 28.3. The fourth-order valence-corrected chi connectivity index (χ4v) is 10.8. The van der Waals surface area contributed by atoms with Crippen LogP contribution >= 0.6 is 0 Å². The molecule has 0 aromatic carbocycles. The van der Waals surface area contributed by atoms with Gasteiger partial charge in [0, 0.05) is 0 Å². The Hall–Kier alpha value is -0.466. The molecule has 0 aromatic rings. The Labute approximate surface area is 282 Å². The van der Waals surface area contributed by atoms with Gasteiger partial charge in [-0.25, -0.2) is 0 Å². The molecule has 3 aliphatic carbocycles. The third kappa shape index (κ3) is 8.77. The first-order chi connectivity index (χ1) is 20.5. The van der Waals surface area contributed by atoms with Crippen LogP contribution in [-0.4, -0.2) is 39.6 Å². The molecule has 0 spiro atoms. The van der Waals surface area contributed by atoms with E-state index < -0.39 is 22.2 Å². The summed E-state index contributed by atoms with van der Waals surface area (Å²) in [5.74, 6) is 2.09. The van der Waals surface area contributed by atoms with Crippen molar-refractivity contribution in [1.29, 1.82) is 0 Å². The molecule has 45 heavy (non-hydrogen) atoms. The minimum absolute atomic E-state index is 0.0253. The first-order valence-electron chi connectivity index (χ1n) is 18.7. The lowest BCUT2D eigenvalue weighted by molar-refractivity contribution is 0.00937. The minimum atomic E-state index is -1.98. The summed E-state index contributed by atoms with van der Waals surface area (Å²) in [6.45, 7) is 37.5. The Morgan fingerprint density at radius 3 is 1.89 bits per heavy atom. The Bertz CT molecular complexity index is 1040. The normalized spacial score (nSPS) is 30.5. The summed E-state index contributed by atoms with van der Waals surface area (Å²) in [4.78, 5) is 0. The van der Waals surface area contributed by atoms with Crippen LogP contribution in [0.4, 0.5) is 0 Å². The summed E-state index contributed by atoms with van der Waals surface area (Å²) in [5, 5.41) is 11.3. The van der Waals surface area contributed by atoms with Gasteiger partial charge >= 0.3 is 0 Å². The maximum Gasteiger partial charge on any atom is 0.192 e. The van der Waals surface area contributed by atoms with Gasteiger partial charge in [-0.1, -0.05) is 99.1 Å². The zero-order chi connectivity index (χ0) is 34.2. The smallest absolute Gasteiger partial charge is 0.192 e. The van der Waals surface area contributed by atoms with Crippen LogP contribution in [0.2, 0.25) is 36.3 Å². The van der Waals surface area contributed by atoms with E-state index in [4.69, 9.17) is 8.85 Å². The Morgan fingerprint density at radius 2 is 1.42 bits per heavy atom. The van der Waals surface area contributed by atoms with E-state index in [-0.39, 0.29) is 22.3 Å². The van der Waals surface area contributed by atoms with Crippen molar-refractivity contribution >= 4 is 16.6 Å². The van der Waals surface area contributed by atoms with E-state index in [1.807, 2.05) is 0 Å². The molecule has 3 saturated carbocycles. The van der Waals surface area contributed by atoms with Gasteiger partial charge < -0.3 is 14.0 Å². The average Bonchev–Trinajstić information content (AvgIpc) is 3.28. The Balaban J connectivity index is 1.87. The summed E-state index contributed by atoms with van der Waals surface area (Å²) in [5.41, 5.74) is 4.20. The lowest BCUT2D eigenvalue weighted by atomic mass is 9.60. The van der Waals surface area contributed by atoms with Crippen LogP contribution in [0.25, 0.3) is 0 Å². The predicted octanol–water partition coefficient (Wildman–Crippen LogP) is 12.2. The molecule has 3 aliphatic rings. The van der Waals surface area contributed by atoms with Gasteiger partial charge in [0.15, 0.2) is 16.6 Å². The molecule has 5 heteroatoms. The highest BCUT2D eigenvalue weighted by atomic mass is 28.4. The van der Waals surface area contributed by atoms with Crippen LogP contribution in [0.15, 0.2) is 35.5 Å². The molecule has 3 nitrogen and oxygen atoms in total. The molecule has 260 valence electrons. The van der Waals surface area contributed by atoms with Gasteiger partial charge in [0.1, 0.15) is 0 Å². The van der Waals surface area contributed by atoms with Gasteiger partial charge in [-0.15, -0.1) is 0 Å². The molecule has 0 saturated heterocycles. The van der Waals surface area contributed by atoms with E-state index >= 15 is 0 Å². The zero-order valence-corrected chi connectivity index (χ0v) is 34.3. The fourth-order valence-electron chi connectivity index (χ4n) is 8.21. The van der Waals surface area contributed by atoms with Crippen molar-refractivity contribution in [3.63, 3.8) is 0 Å². The molecule has 0 aliphatic heterocycles. The van der Waals surface area contributed by atoms with Crippen molar-refractivity contribution in [3.05, 3.63) is 35.5 Å². The molecule has 0 amide bonds. The summed E-state index contributed by atoms with van der Waals surface area (Å²) in [7, 11) is -3.95. The second-order valence-electron chi connectivity index (χ2n) is 18.8. The summed E-state index contributed by atoms with van der Waals surface area (Å²) in [6, 6.07) is 0. The maximum absolute atomic E-state index is 11.0. The topological polar surface area (TPSA) is 38.7 Å². The van der Waals surface area contributed by atoms with Crippen molar-refractivity contribution in [2.45, 2.75) is 194 Å². The highest BCUT2D eigenvalue weighted by Gasteiger charge is 2.51. The molecule has 1 N–H and O–H groups in total. The van der Waals surface area contributed by atoms with Crippen molar-refractivity contribution in [2.75, 3.05) is 0 Å². The molecule has 0 radical (unpaired) electrons. The van der Waals surface area contributed by atoms with Crippen molar-refractivity contribution in [2.24, 2.45) is 23.2 Å². The quantitative estimate of drug-likeness (QED) is 0.177. The van der Waals surface area contributed by atoms with Crippen molar-refractivity contribution < 1.29 is 14.0 Å². The lowest BCUT2D eigenvalue weighted by Crippen LogP contribution is -2.49. The third-order valence-electron chi connectivity index (χ3n) is 13.8. The van der Waals surface area contributed by atoms with Crippen LogP contribution < -0.4 is 0 Å². The zero-order valence-electron chi connectivity index (χ0n) is 32.3. The van der Waals surface area contributed by atoms with Crippen molar-refractivity contribution in [3.8, 4) is 0 Å². The molecule has 3 rings (SSSR count). The second kappa shape index (κ2) is 14.2. The van der Waals surface area contributed by atoms with Crippen molar-refractivity contribution in [1.82, 2.24) is 0 Å². The molecular weight excluding hydrogens is 585 g/mol. The first-order valence-corrected chi connectivity index (χ1v) is 24.5. The standard InChI is InChI=1S/C40H74O3Si2/c1-16-40(41,17-2)26-24-29(3)33-22-23-34-32(19-18-25-39(33,34)11)21-20-31-27-35(42-44(12,13)37(5,6)7)30(4)36(28-31)43-45(14,15)38(8,9)10/h20-21,29,33-36,41H,4,16-19,22-28H2,1-3,5-15H3/b32-21+/t29-,33-,34+,35-,36-,39-/m1/s1. The largest absolute Gasteiger partial charge is 0.410 e. The molecule has 0 bridgehead atoms. The fraction of sp³-hybridized carbons (Fsp3) is 0.850. The van der Waals surface area contributed by atoms with E-state index in [1.165, 1.54) is 37.7 Å². The monoisotopic (exact) mass is 659 g/mol. The molecule has 3 fully saturated rings. The number of rotatable bonds is 11. The van der Waals surface area contributed by atoms with E-state index in [9.17, 15) is 5.11 Å². The summed E-state index contributed by atoms with van der Waals surface area (Å²) in [6.07, 6.45) is 17.3. The van der Waals surface area contributed by atoms with Crippen LogP contribution in [0.5, 0.6) is 0 Å². The molecule has 6 atom stereocenters. The van der Waals surface area contributed by atoms with Gasteiger partial charge in [0.25, 0.3) is 0 Å². The van der Waals surface area contributed by atoms with Gasteiger partial charge in [-0.05, 0) is 136 Å². The Kier molecular flexibility index (Phi) is 12.3. The molecule has 0 aromatic heterocycles. The maximum atomic E-state index is 11.0. The van der Waals surface area contributed by atoms with Gasteiger partial charge in [0.05, 0.1) is 17.8 Å². The number of hydrogen-bond donors (Lipinski definition) is 1. The SMILES string of the molecule is C=C1[C@H](O[Si](C)(C)C(C)(C)C)CC(=C/C=C2\CCC[C@]3(C)[C@@H]([C@H](C)CCC(O)(CC)CC)CC[C@@H]23)C[C@H]1O[Si](C)(C)C(C)(C)C. The number of hydrogen-bond acceptors (Lipinski definition) is 3. The van der Waals surface area contributed by atoms with E-state index in [0.717, 1.165) is 50.0 Å². The highest BCUT2D eigenvalue weighted by Crippen LogP contribution is 2.60. The van der Waals surface area contributed by atoms with Crippen LogP contribution in [-0.2, 0) is 8.85 Å². The summed E-state index contributed by atoms with van der Waals surface area (Å²) >= 11 is 0. The van der Waals surface area contributed by atoms with Crippen LogP contribution in [0.3, 0.4) is 0 Å². The van der Waals surface area contributed by atoms with E-state index in [0.29, 0.717) is 17.3 Å². The van der Waals surface area contributed by atoms with Crippen LogP contribution in [0, 0.1) is 23.2 Å². The summed E-state index contributed by atoms with van der Waals surface area (Å²) < 4.78 is 14.2. The predicted molar refractivity (Wildman–Crippen MR) is 201 cm³/mol. The van der Waals surface area contributed by atoms with Gasteiger partial charge in [-0.3, -0.25) is 0 Å². The number of fused-ring (bicyclic) bond motifs is 1. The molecule has 0 heterocycles. The Morgan fingerprint density at radius 1 is 0.911 bits per heavy atom. The number of allylic oxidation sites excluding steroid dienone is 3.